The van der Waals surface area contributed by atoms with Crippen molar-refractivity contribution in [3.8, 4) is 5.75 Å². The molecule has 0 amide bonds. The number of aromatic nitrogens is 2. The minimum Gasteiger partial charge on any atom is -0.496 e. The number of carbonyl (C=O) groups is 1. The van der Waals surface area contributed by atoms with Crippen LogP contribution in [-0.2, 0) is 13.0 Å². The molecule has 0 spiro atoms. The van der Waals surface area contributed by atoms with Gasteiger partial charge in [-0.25, -0.2) is 4.79 Å². The van der Waals surface area contributed by atoms with Crippen molar-refractivity contribution in [2.75, 3.05) is 26.7 Å². The van der Waals surface area contributed by atoms with E-state index in [0.29, 0.717) is 29.3 Å². The van der Waals surface area contributed by atoms with E-state index in [2.05, 4.69) is 16.8 Å². The Labute approximate surface area is 212 Å². The van der Waals surface area contributed by atoms with Gasteiger partial charge in [0.1, 0.15) is 5.75 Å². The lowest BCUT2D eigenvalue weighted by atomic mass is 9.99. The van der Waals surface area contributed by atoms with Crippen LogP contribution in [0.4, 0.5) is 0 Å². The second-order valence-electron chi connectivity index (χ2n) is 10.1. The Bertz CT molecular complexity index is 1330. The molecule has 1 N–H and O–H groups in total. The number of carbonyl (C=O) groups excluding carboxylic acids is 1. The molecule has 192 valence electrons. The van der Waals surface area contributed by atoms with Gasteiger partial charge in [0.2, 0.25) is 0 Å². The van der Waals surface area contributed by atoms with Crippen LogP contribution in [0.25, 0.3) is 10.9 Å². The third-order valence-corrected chi connectivity index (χ3v) is 7.40. The van der Waals surface area contributed by atoms with Gasteiger partial charge in [-0.1, -0.05) is 25.1 Å². The highest BCUT2D eigenvalue weighted by molar-refractivity contribution is 5.99. The SMILES string of the molecule is COc1cc(CCn2c(=O)[nH]c3cc(C(=O)CCCCN4CCC(C)CC4)ccc3c2=O)ccc1C. The van der Waals surface area contributed by atoms with Crippen LogP contribution < -0.4 is 16.0 Å². The van der Waals surface area contributed by atoms with Crippen LogP contribution in [-0.4, -0.2) is 47.0 Å². The lowest BCUT2D eigenvalue weighted by Gasteiger charge is -2.30. The Kier molecular flexibility index (Phi) is 8.41. The molecule has 0 atom stereocenters. The molecule has 1 aromatic heterocycles. The molecule has 1 aliphatic rings. The molecule has 0 radical (unpaired) electrons. The number of hydrogen-bond acceptors (Lipinski definition) is 5. The summed E-state index contributed by atoms with van der Waals surface area (Å²) in [5, 5.41) is 0.409. The number of likely N-dealkylation sites (tertiary alicyclic amines) is 1. The largest absolute Gasteiger partial charge is 0.496 e. The van der Waals surface area contributed by atoms with Gasteiger partial charge in [-0.3, -0.25) is 14.2 Å². The molecule has 0 bridgehead atoms. The highest BCUT2D eigenvalue weighted by atomic mass is 16.5. The number of hydrogen-bond donors (Lipinski definition) is 1. The number of methoxy groups -OCH3 is 1. The average Bonchev–Trinajstić information content (AvgIpc) is 2.88. The molecule has 7 nitrogen and oxygen atoms in total. The van der Waals surface area contributed by atoms with Crippen LogP contribution in [0.5, 0.6) is 5.75 Å². The summed E-state index contributed by atoms with van der Waals surface area (Å²) in [5.41, 5.74) is 2.15. The van der Waals surface area contributed by atoms with Gasteiger partial charge in [-0.2, -0.15) is 0 Å². The first-order chi connectivity index (χ1) is 17.4. The van der Waals surface area contributed by atoms with E-state index in [0.717, 1.165) is 55.3 Å². The topological polar surface area (TPSA) is 84.4 Å². The Hall–Kier alpha value is -3.19. The Morgan fingerprint density at radius 2 is 1.83 bits per heavy atom. The number of benzene rings is 2. The molecule has 0 unspecified atom stereocenters. The van der Waals surface area contributed by atoms with Crippen LogP contribution >= 0.6 is 0 Å². The number of aromatic amines is 1. The molecule has 2 heterocycles. The molecular formula is C29H37N3O4. The van der Waals surface area contributed by atoms with Crippen molar-refractivity contribution in [2.24, 2.45) is 5.92 Å². The third kappa shape index (κ3) is 6.13. The fourth-order valence-corrected chi connectivity index (χ4v) is 4.94. The normalized spacial score (nSPS) is 14.9. The maximum Gasteiger partial charge on any atom is 0.328 e. The average molecular weight is 492 g/mol. The number of ether oxygens (including phenoxy) is 1. The van der Waals surface area contributed by atoms with E-state index in [-0.39, 0.29) is 17.9 Å². The van der Waals surface area contributed by atoms with Crippen molar-refractivity contribution in [2.45, 2.75) is 58.9 Å². The fourth-order valence-electron chi connectivity index (χ4n) is 4.94. The summed E-state index contributed by atoms with van der Waals surface area (Å²) in [4.78, 5) is 43.8. The zero-order valence-corrected chi connectivity index (χ0v) is 21.6. The number of H-pyrrole nitrogens is 1. The van der Waals surface area contributed by atoms with Crippen molar-refractivity contribution in [3.05, 3.63) is 73.9 Å². The maximum absolute atomic E-state index is 13.0. The minimum absolute atomic E-state index is 0.0440. The van der Waals surface area contributed by atoms with Gasteiger partial charge in [-0.05, 0) is 93.9 Å². The van der Waals surface area contributed by atoms with Crippen molar-refractivity contribution < 1.29 is 9.53 Å². The summed E-state index contributed by atoms with van der Waals surface area (Å²) < 4.78 is 6.59. The number of nitrogens with zero attached hydrogens (tertiary/aromatic N) is 2. The number of ketones is 1. The van der Waals surface area contributed by atoms with Gasteiger partial charge in [-0.15, -0.1) is 0 Å². The number of unbranched alkanes of at least 4 members (excludes halogenated alkanes) is 1. The maximum atomic E-state index is 13.0. The predicted octanol–water partition coefficient (Wildman–Crippen LogP) is 4.33. The molecule has 1 saturated heterocycles. The molecule has 7 heteroatoms. The molecule has 4 rings (SSSR count). The van der Waals surface area contributed by atoms with Crippen LogP contribution in [0.15, 0.2) is 46.0 Å². The zero-order chi connectivity index (χ0) is 25.7. The van der Waals surface area contributed by atoms with Gasteiger partial charge < -0.3 is 14.6 Å². The summed E-state index contributed by atoms with van der Waals surface area (Å²) in [7, 11) is 1.62. The quantitative estimate of drug-likeness (QED) is 0.337. The van der Waals surface area contributed by atoms with Gasteiger partial charge in [0.25, 0.3) is 5.56 Å². The zero-order valence-electron chi connectivity index (χ0n) is 21.6. The summed E-state index contributed by atoms with van der Waals surface area (Å²) >= 11 is 0. The van der Waals surface area contributed by atoms with Gasteiger partial charge in [0.05, 0.1) is 18.0 Å². The van der Waals surface area contributed by atoms with Crippen LogP contribution in [0.3, 0.4) is 0 Å². The summed E-state index contributed by atoms with van der Waals surface area (Å²) in [6, 6.07) is 10.9. The Morgan fingerprint density at radius 1 is 1.06 bits per heavy atom. The highest BCUT2D eigenvalue weighted by Gasteiger charge is 2.16. The predicted molar refractivity (Wildman–Crippen MR) is 143 cm³/mol. The molecule has 1 aliphatic heterocycles. The molecule has 2 aromatic carbocycles. The van der Waals surface area contributed by atoms with Crippen molar-refractivity contribution in [3.63, 3.8) is 0 Å². The van der Waals surface area contributed by atoms with Gasteiger partial charge in [0.15, 0.2) is 5.78 Å². The third-order valence-electron chi connectivity index (χ3n) is 7.40. The molecular weight excluding hydrogens is 454 g/mol. The number of nitrogens with one attached hydrogen (secondary N) is 1. The number of aryl methyl sites for hydroxylation is 2. The first kappa shape index (κ1) is 25.9. The number of fused-ring (bicyclic) bond motifs is 1. The first-order valence-electron chi connectivity index (χ1n) is 13.0. The second-order valence-corrected chi connectivity index (χ2v) is 10.1. The summed E-state index contributed by atoms with van der Waals surface area (Å²) in [6.07, 6.45) is 5.36. The van der Waals surface area contributed by atoms with Crippen LogP contribution in [0, 0.1) is 12.8 Å². The van der Waals surface area contributed by atoms with Crippen molar-refractivity contribution >= 4 is 16.7 Å². The van der Waals surface area contributed by atoms with Crippen LogP contribution in [0.2, 0.25) is 0 Å². The lowest BCUT2D eigenvalue weighted by Crippen LogP contribution is -2.35. The smallest absolute Gasteiger partial charge is 0.328 e. The molecule has 3 aromatic rings. The Morgan fingerprint density at radius 3 is 2.58 bits per heavy atom. The number of Topliss-reactive ketones (excluding diaryl/α,β-unsaturated/α-hetero) is 1. The van der Waals surface area contributed by atoms with Crippen molar-refractivity contribution in [1.29, 1.82) is 0 Å². The molecule has 36 heavy (non-hydrogen) atoms. The Balaban J connectivity index is 1.39. The van der Waals surface area contributed by atoms with E-state index >= 15 is 0 Å². The first-order valence-corrected chi connectivity index (χ1v) is 13.0. The number of rotatable bonds is 10. The fraction of sp³-hybridized carbons (Fsp3) is 0.483. The lowest BCUT2D eigenvalue weighted by molar-refractivity contribution is 0.0977. The monoisotopic (exact) mass is 491 g/mol. The van der Waals surface area contributed by atoms with Gasteiger partial charge in [0, 0.05) is 18.5 Å². The van der Waals surface area contributed by atoms with E-state index in [9.17, 15) is 14.4 Å². The van der Waals surface area contributed by atoms with E-state index in [1.165, 1.54) is 17.4 Å². The number of piperidine rings is 1. The highest BCUT2D eigenvalue weighted by Crippen LogP contribution is 2.20. The summed E-state index contributed by atoms with van der Waals surface area (Å²) in [5.74, 6) is 1.65. The van der Waals surface area contributed by atoms with Gasteiger partial charge >= 0.3 is 5.69 Å². The van der Waals surface area contributed by atoms with Crippen LogP contribution in [0.1, 0.15) is 60.5 Å². The standard InChI is InChI=1S/C29H37N3O4/c1-20-11-15-31(16-12-20)14-5-4-6-26(33)23-9-10-24-25(19-23)30-29(35)32(28(24)34)17-13-22-8-7-21(2)27(18-22)36-3/h7-10,18-20H,4-6,11-17H2,1-3H3,(H,30,35). The molecule has 1 fully saturated rings. The van der Waals surface area contributed by atoms with E-state index in [4.69, 9.17) is 4.74 Å². The molecule has 0 aliphatic carbocycles. The summed E-state index contributed by atoms with van der Waals surface area (Å²) in [6.45, 7) is 7.89. The molecule has 0 saturated carbocycles. The van der Waals surface area contributed by atoms with E-state index in [1.54, 1.807) is 25.3 Å². The van der Waals surface area contributed by atoms with Crippen molar-refractivity contribution in [1.82, 2.24) is 14.5 Å². The minimum atomic E-state index is -0.466. The van der Waals surface area contributed by atoms with E-state index in [1.807, 2.05) is 25.1 Å². The van der Waals surface area contributed by atoms with E-state index < -0.39 is 5.69 Å². The second kappa shape index (κ2) is 11.7.